The van der Waals surface area contributed by atoms with Crippen molar-refractivity contribution in [1.82, 2.24) is 10.3 Å². The molecule has 1 fully saturated rings. The van der Waals surface area contributed by atoms with Gasteiger partial charge in [0.05, 0.1) is 0 Å². The standard InChI is InChI=1S/C12H16N2O2/c15-12(16)14-8-9-5-6-13-11(7-9)10-3-1-2-4-10/h5-7,10,14H,1-4,8H2,(H,15,16). The van der Waals surface area contributed by atoms with Gasteiger partial charge in [0, 0.05) is 24.4 Å². The Balaban J connectivity index is 2.03. The van der Waals surface area contributed by atoms with Crippen LogP contribution >= 0.6 is 0 Å². The minimum Gasteiger partial charge on any atom is -0.465 e. The lowest BCUT2D eigenvalue weighted by molar-refractivity contribution is 0.194. The summed E-state index contributed by atoms with van der Waals surface area (Å²) in [5.74, 6) is 0.574. The third-order valence-electron chi connectivity index (χ3n) is 3.06. The van der Waals surface area contributed by atoms with Gasteiger partial charge in [-0.15, -0.1) is 0 Å². The van der Waals surface area contributed by atoms with Crippen LogP contribution in [0.25, 0.3) is 0 Å². The highest BCUT2D eigenvalue weighted by Crippen LogP contribution is 2.32. The zero-order valence-corrected chi connectivity index (χ0v) is 9.15. The van der Waals surface area contributed by atoms with Crippen molar-refractivity contribution in [3.63, 3.8) is 0 Å². The molecule has 1 aliphatic carbocycles. The van der Waals surface area contributed by atoms with Gasteiger partial charge in [-0.05, 0) is 30.5 Å². The van der Waals surface area contributed by atoms with E-state index in [1.165, 1.54) is 25.7 Å². The second-order valence-electron chi connectivity index (χ2n) is 4.23. The lowest BCUT2D eigenvalue weighted by Gasteiger charge is -2.09. The Bertz CT molecular complexity index is 373. The SMILES string of the molecule is O=C(O)NCc1ccnc(C2CCCC2)c1. The number of hydrogen-bond acceptors (Lipinski definition) is 2. The van der Waals surface area contributed by atoms with Crippen LogP contribution in [0, 0.1) is 0 Å². The van der Waals surface area contributed by atoms with Crippen LogP contribution in [0.4, 0.5) is 4.79 Å². The molecular weight excluding hydrogens is 204 g/mol. The van der Waals surface area contributed by atoms with Crippen LogP contribution in [0.2, 0.25) is 0 Å². The summed E-state index contributed by atoms with van der Waals surface area (Å²) in [7, 11) is 0. The van der Waals surface area contributed by atoms with Crippen LogP contribution in [-0.4, -0.2) is 16.2 Å². The molecular formula is C12H16N2O2. The minimum atomic E-state index is -0.987. The number of nitrogens with zero attached hydrogens (tertiary/aromatic N) is 1. The fourth-order valence-electron chi connectivity index (χ4n) is 2.23. The van der Waals surface area contributed by atoms with E-state index in [1.807, 2.05) is 12.1 Å². The van der Waals surface area contributed by atoms with Crippen molar-refractivity contribution in [3.05, 3.63) is 29.6 Å². The maximum Gasteiger partial charge on any atom is 0.404 e. The number of aromatic nitrogens is 1. The molecule has 1 aromatic heterocycles. The van der Waals surface area contributed by atoms with Crippen molar-refractivity contribution >= 4 is 6.09 Å². The normalized spacial score (nSPS) is 16.2. The lowest BCUT2D eigenvalue weighted by atomic mass is 10.0. The molecule has 0 aromatic carbocycles. The van der Waals surface area contributed by atoms with Crippen molar-refractivity contribution in [2.45, 2.75) is 38.1 Å². The Labute approximate surface area is 94.7 Å². The smallest absolute Gasteiger partial charge is 0.404 e. The van der Waals surface area contributed by atoms with E-state index in [2.05, 4.69) is 10.3 Å². The Morgan fingerprint density at radius 1 is 1.50 bits per heavy atom. The molecule has 86 valence electrons. The number of hydrogen-bond donors (Lipinski definition) is 2. The van der Waals surface area contributed by atoms with E-state index in [4.69, 9.17) is 5.11 Å². The topological polar surface area (TPSA) is 62.2 Å². The van der Waals surface area contributed by atoms with Gasteiger partial charge in [0.15, 0.2) is 0 Å². The van der Waals surface area contributed by atoms with Gasteiger partial charge >= 0.3 is 6.09 Å². The molecule has 1 amide bonds. The molecule has 1 aliphatic rings. The number of nitrogens with one attached hydrogen (secondary N) is 1. The quantitative estimate of drug-likeness (QED) is 0.822. The largest absolute Gasteiger partial charge is 0.465 e. The fraction of sp³-hybridized carbons (Fsp3) is 0.500. The number of amides is 1. The highest BCUT2D eigenvalue weighted by molar-refractivity contribution is 5.64. The second-order valence-corrected chi connectivity index (χ2v) is 4.23. The van der Waals surface area contributed by atoms with Gasteiger partial charge in [0.1, 0.15) is 0 Å². The summed E-state index contributed by atoms with van der Waals surface area (Å²) in [5.41, 5.74) is 2.10. The number of carbonyl (C=O) groups is 1. The molecule has 1 aromatic rings. The third-order valence-corrected chi connectivity index (χ3v) is 3.06. The van der Waals surface area contributed by atoms with Crippen molar-refractivity contribution in [3.8, 4) is 0 Å². The van der Waals surface area contributed by atoms with Crippen LogP contribution in [0.15, 0.2) is 18.3 Å². The molecule has 0 aliphatic heterocycles. The van der Waals surface area contributed by atoms with E-state index in [-0.39, 0.29) is 0 Å². The van der Waals surface area contributed by atoms with Crippen molar-refractivity contribution < 1.29 is 9.90 Å². The highest BCUT2D eigenvalue weighted by Gasteiger charge is 2.18. The zero-order chi connectivity index (χ0) is 11.4. The van der Waals surface area contributed by atoms with Crippen molar-refractivity contribution in [2.24, 2.45) is 0 Å². The van der Waals surface area contributed by atoms with E-state index < -0.39 is 6.09 Å². The van der Waals surface area contributed by atoms with Gasteiger partial charge in [0.2, 0.25) is 0 Å². The van der Waals surface area contributed by atoms with Gasteiger partial charge in [-0.2, -0.15) is 0 Å². The molecule has 2 N–H and O–H groups in total. The predicted octanol–water partition coefficient (Wildman–Crippen LogP) is 2.51. The highest BCUT2D eigenvalue weighted by atomic mass is 16.4. The average molecular weight is 220 g/mol. The number of carboxylic acid groups (broad SMARTS) is 1. The molecule has 4 nitrogen and oxygen atoms in total. The Hall–Kier alpha value is -1.58. The maximum absolute atomic E-state index is 10.4. The summed E-state index contributed by atoms with van der Waals surface area (Å²) < 4.78 is 0. The molecule has 0 atom stereocenters. The second kappa shape index (κ2) is 4.96. The van der Waals surface area contributed by atoms with E-state index >= 15 is 0 Å². The summed E-state index contributed by atoms with van der Waals surface area (Å²) in [6.45, 7) is 0.359. The number of pyridine rings is 1. The molecule has 1 heterocycles. The third kappa shape index (κ3) is 2.72. The molecule has 0 bridgehead atoms. The van der Waals surface area contributed by atoms with Gasteiger partial charge in [-0.3, -0.25) is 4.98 Å². The molecule has 0 saturated heterocycles. The minimum absolute atomic E-state index is 0.359. The first-order chi connectivity index (χ1) is 7.75. The molecule has 4 heteroatoms. The van der Waals surface area contributed by atoms with Crippen LogP contribution < -0.4 is 5.32 Å². The summed E-state index contributed by atoms with van der Waals surface area (Å²) >= 11 is 0. The summed E-state index contributed by atoms with van der Waals surface area (Å²) in [5, 5.41) is 10.9. The molecule has 0 unspecified atom stereocenters. The summed E-state index contributed by atoms with van der Waals surface area (Å²) in [6, 6.07) is 3.88. The first-order valence-electron chi connectivity index (χ1n) is 5.67. The Morgan fingerprint density at radius 3 is 2.94 bits per heavy atom. The Kier molecular flexibility index (Phi) is 3.39. The fourth-order valence-corrected chi connectivity index (χ4v) is 2.23. The van der Waals surface area contributed by atoms with E-state index in [0.29, 0.717) is 12.5 Å². The lowest BCUT2D eigenvalue weighted by Crippen LogP contribution is -2.20. The van der Waals surface area contributed by atoms with E-state index in [9.17, 15) is 4.79 Å². The Morgan fingerprint density at radius 2 is 2.25 bits per heavy atom. The molecule has 1 saturated carbocycles. The summed E-state index contributed by atoms with van der Waals surface area (Å²) in [6.07, 6.45) is 5.77. The first-order valence-corrected chi connectivity index (χ1v) is 5.67. The van der Waals surface area contributed by atoms with Gasteiger partial charge in [-0.25, -0.2) is 4.79 Å². The van der Waals surface area contributed by atoms with E-state index in [1.54, 1.807) is 6.20 Å². The maximum atomic E-state index is 10.4. The first kappa shape index (κ1) is 10.9. The van der Waals surface area contributed by atoms with Crippen molar-refractivity contribution in [2.75, 3.05) is 0 Å². The molecule has 16 heavy (non-hydrogen) atoms. The summed E-state index contributed by atoms with van der Waals surface area (Å²) in [4.78, 5) is 14.8. The van der Waals surface area contributed by atoms with Gasteiger partial charge in [-0.1, -0.05) is 12.8 Å². The molecule has 0 spiro atoms. The predicted molar refractivity (Wildman–Crippen MR) is 60.3 cm³/mol. The van der Waals surface area contributed by atoms with Crippen molar-refractivity contribution in [1.29, 1.82) is 0 Å². The van der Waals surface area contributed by atoms with Crippen LogP contribution in [0.5, 0.6) is 0 Å². The van der Waals surface area contributed by atoms with Crippen LogP contribution in [-0.2, 0) is 6.54 Å². The average Bonchev–Trinajstić information content (AvgIpc) is 2.80. The van der Waals surface area contributed by atoms with Gasteiger partial charge < -0.3 is 10.4 Å². The molecule has 2 rings (SSSR count). The van der Waals surface area contributed by atoms with Crippen LogP contribution in [0.3, 0.4) is 0 Å². The molecule has 0 radical (unpaired) electrons. The van der Waals surface area contributed by atoms with Gasteiger partial charge in [0.25, 0.3) is 0 Å². The van der Waals surface area contributed by atoms with Crippen LogP contribution in [0.1, 0.15) is 42.9 Å². The van der Waals surface area contributed by atoms with E-state index in [0.717, 1.165) is 11.3 Å². The monoisotopic (exact) mass is 220 g/mol. The zero-order valence-electron chi connectivity index (χ0n) is 9.15. The number of rotatable bonds is 3.